The molecule has 2 heteroatoms. The van der Waals surface area contributed by atoms with E-state index in [1.165, 1.54) is 82.0 Å². The van der Waals surface area contributed by atoms with Crippen LogP contribution in [0.2, 0.25) is 0 Å². The van der Waals surface area contributed by atoms with Gasteiger partial charge in [-0.1, -0.05) is 56.0 Å². The molecule has 0 unspecified atom stereocenters. The van der Waals surface area contributed by atoms with Gasteiger partial charge in [-0.25, -0.2) is 0 Å². The van der Waals surface area contributed by atoms with Crippen LogP contribution < -0.4 is 0 Å². The van der Waals surface area contributed by atoms with Crippen molar-refractivity contribution in [2.24, 2.45) is 0 Å². The molecule has 0 amide bonds. The Hall–Kier alpha value is 0.440. The maximum atomic E-state index is 3.68. The molecule has 110 valence electrons. The second-order valence-corrected chi connectivity index (χ2v) is 6.49. The van der Waals surface area contributed by atoms with Crippen molar-refractivity contribution in [3.8, 4) is 0 Å². The van der Waals surface area contributed by atoms with Crippen LogP contribution in [0.5, 0.6) is 0 Å². The van der Waals surface area contributed by atoms with Crippen LogP contribution in [-0.4, -0.2) is 36.0 Å². The number of quaternary nitrogens is 1. The van der Waals surface area contributed by atoms with Gasteiger partial charge in [0, 0.05) is 0 Å². The zero-order chi connectivity index (χ0) is 13.7. The molecule has 0 aromatic carbocycles. The van der Waals surface area contributed by atoms with Gasteiger partial charge in [0.15, 0.2) is 0 Å². The van der Waals surface area contributed by atoms with E-state index in [9.17, 15) is 0 Å². The molecule has 0 fully saturated rings. The van der Waals surface area contributed by atoms with Crippen LogP contribution in [0.25, 0.3) is 0 Å². The van der Waals surface area contributed by atoms with Crippen LogP contribution in [0.4, 0.5) is 0 Å². The largest absolute Gasteiger partial charge is 0.323 e. The summed E-state index contributed by atoms with van der Waals surface area (Å²) in [6, 6.07) is 0. The van der Waals surface area contributed by atoms with E-state index < -0.39 is 0 Å². The molecule has 0 aliphatic heterocycles. The van der Waals surface area contributed by atoms with Gasteiger partial charge in [-0.15, -0.1) is 0 Å². The normalized spacial score (nSPS) is 12.0. The molecular weight excluding hydrogens is 286 g/mol. The van der Waals surface area contributed by atoms with E-state index >= 15 is 0 Å². The van der Waals surface area contributed by atoms with Crippen molar-refractivity contribution in [3.63, 3.8) is 0 Å². The predicted molar refractivity (Wildman–Crippen MR) is 87.5 cm³/mol. The van der Waals surface area contributed by atoms with Crippen molar-refractivity contribution in [3.05, 3.63) is 0 Å². The van der Waals surface area contributed by atoms with Gasteiger partial charge >= 0.3 is 0 Å². The summed E-state index contributed by atoms with van der Waals surface area (Å²) in [5.74, 6) is 0. The number of rotatable bonds is 13. The summed E-state index contributed by atoms with van der Waals surface area (Å²) < 4.78 is 1.37. The summed E-state index contributed by atoms with van der Waals surface area (Å²) in [6.45, 7) is 12.5. The lowest BCUT2D eigenvalue weighted by atomic mass is 10.1. The van der Waals surface area contributed by atoms with Gasteiger partial charge in [-0.3, -0.25) is 0 Å². The predicted octanol–water partition coefficient (Wildman–Crippen LogP) is 5.38. The quantitative estimate of drug-likeness (QED) is 0.243. The number of alkyl halides is 1. The Morgan fingerprint density at radius 1 is 0.611 bits per heavy atom. The summed E-state index contributed by atoms with van der Waals surface area (Å²) in [4.78, 5) is 0. The SMILES string of the molecule is CCCCC[N+](CCBr)(CCCC)CCCCC. The molecule has 0 saturated heterocycles. The molecule has 1 nitrogen and oxygen atoms in total. The third-order valence-electron chi connectivity index (χ3n) is 4.02. The Morgan fingerprint density at radius 3 is 1.44 bits per heavy atom. The molecule has 0 rings (SSSR count). The second kappa shape index (κ2) is 12.5. The lowest BCUT2D eigenvalue weighted by Crippen LogP contribution is -2.51. The molecule has 18 heavy (non-hydrogen) atoms. The van der Waals surface area contributed by atoms with E-state index in [1.54, 1.807) is 0 Å². The molecule has 0 N–H and O–H groups in total. The maximum absolute atomic E-state index is 3.68. The van der Waals surface area contributed by atoms with Gasteiger partial charge in [0.1, 0.15) is 0 Å². The zero-order valence-corrected chi connectivity index (χ0v) is 14.6. The van der Waals surface area contributed by atoms with Crippen LogP contribution in [-0.2, 0) is 0 Å². The number of nitrogens with zero attached hydrogens (tertiary/aromatic N) is 1. The molecule has 0 aromatic rings. The van der Waals surface area contributed by atoms with E-state index in [2.05, 4.69) is 36.7 Å². The summed E-state index contributed by atoms with van der Waals surface area (Å²) in [5.41, 5.74) is 0. The van der Waals surface area contributed by atoms with Gasteiger partial charge in [0.25, 0.3) is 0 Å². The van der Waals surface area contributed by atoms with Gasteiger partial charge in [0.05, 0.1) is 31.5 Å². The fourth-order valence-electron chi connectivity index (χ4n) is 2.74. The Balaban J connectivity index is 4.34. The van der Waals surface area contributed by atoms with E-state index in [1.807, 2.05) is 0 Å². The zero-order valence-electron chi connectivity index (χ0n) is 13.0. The van der Waals surface area contributed by atoms with Gasteiger partial charge in [0.2, 0.25) is 0 Å². The van der Waals surface area contributed by atoms with E-state index in [4.69, 9.17) is 0 Å². The first-order valence-electron chi connectivity index (χ1n) is 8.15. The number of unbranched alkanes of at least 4 members (excludes halogenated alkanes) is 5. The molecule has 0 aliphatic rings. The highest BCUT2D eigenvalue weighted by Gasteiger charge is 2.24. The van der Waals surface area contributed by atoms with Crippen molar-refractivity contribution in [2.75, 3.05) is 31.5 Å². The van der Waals surface area contributed by atoms with Crippen LogP contribution in [0, 0.1) is 0 Å². The van der Waals surface area contributed by atoms with E-state index in [0.29, 0.717) is 0 Å². The minimum Gasteiger partial charge on any atom is -0.323 e. The van der Waals surface area contributed by atoms with Gasteiger partial charge in [-0.05, 0) is 32.1 Å². The van der Waals surface area contributed by atoms with Crippen molar-refractivity contribution < 1.29 is 4.48 Å². The minimum absolute atomic E-state index is 1.16. The average molecular weight is 321 g/mol. The lowest BCUT2D eigenvalue weighted by Gasteiger charge is -2.39. The molecule has 0 saturated carbocycles. The smallest absolute Gasteiger partial charge is 0.0885 e. The molecule has 0 aromatic heterocycles. The fraction of sp³-hybridized carbons (Fsp3) is 1.00. The summed E-state index contributed by atoms with van der Waals surface area (Å²) >= 11 is 3.68. The molecular formula is C16H35BrN+. The first-order chi connectivity index (χ1) is 8.74. The third-order valence-corrected chi connectivity index (χ3v) is 4.37. The highest BCUT2D eigenvalue weighted by molar-refractivity contribution is 9.09. The number of halogens is 1. The fourth-order valence-corrected chi connectivity index (χ4v) is 3.49. The lowest BCUT2D eigenvalue weighted by molar-refractivity contribution is -0.926. The van der Waals surface area contributed by atoms with Crippen LogP contribution in [0.1, 0.15) is 72.1 Å². The Labute approximate surface area is 124 Å². The van der Waals surface area contributed by atoms with E-state index in [-0.39, 0.29) is 0 Å². The molecule has 0 aliphatic carbocycles. The Kier molecular flexibility index (Phi) is 12.8. The number of hydrogen-bond acceptors (Lipinski definition) is 0. The number of hydrogen-bond donors (Lipinski definition) is 0. The van der Waals surface area contributed by atoms with Gasteiger partial charge < -0.3 is 4.48 Å². The monoisotopic (exact) mass is 320 g/mol. The average Bonchev–Trinajstić information content (AvgIpc) is 2.37. The molecule has 0 spiro atoms. The summed E-state index contributed by atoms with van der Waals surface area (Å²) in [7, 11) is 0. The highest BCUT2D eigenvalue weighted by Crippen LogP contribution is 2.16. The standard InChI is InChI=1S/C16H35BrN/c1-4-7-10-14-18(16-12-17,13-9-6-3)15-11-8-5-2/h4-16H2,1-3H3/q+1. The van der Waals surface area contributed by atoms with Gasteiger partial charge in [-0.2, -0.15) is 0 Å². The van der Waals surface area contributed by atoms with E-state index in [0.717, 1.165) is 5.33 Å². The molecule has 0 bridgehead atoms. The van der Waals surface area contributed by atoms with Crippen LogP contribution in [0.3, 0.4) is 0 Å². The Bertz CT molecular complexity index is 160. The summed E-state index contributed by atoms with van der Waals surface area (Å²) in [6.07, 6.45) is 11.1. The first-order valence-corrected chi connectivity index (χ1v) is 9.27. The minimum atomic E-state index is 1.16. The molecule has 0 radical (unpaired) electrons. The second-order valence-electron chi connectivity index (χ2n) is 5.69. The molecule has 0 heterocycles. The first kappa shape index (κ1) is 18.4. The topological polar surface area (TPSA) is 0 Å². The Morgan fingerprint density at radius 2 is 1.06 bits per heavy atom. The van der Waals surface area contributed by atoms with Crippen LogP contribution >= 0.6 is 15.9 Å². The van der Waals surface area contributed by atoms with Crippen molar-refractivity contribution in [1.82, 2.24) is 0 Å². The molecule has 0 atom stereocenters. The third kappa shape index (κ3) is 8.53. The van der Waals surface area contributed by atoms with Crippen molar-refractivity contribution in [2.45, 2.75) is 72.1 Å². The highest BCUT2D eigenvalue weighted by atomic mass is 79.9. The van der Waals surface area contributed by atoms with Crippen LogP contribution in [0.15, 0.2) is 0 Å². The summed E-state index contributed by atoms with van der Waals surface area (Å²) in [5, 5.41) is 1.16. The maximum Gasteiger partial charge on any atom is 0.0885 e. The van der Waals surface area contributed by atoms with Crippen molar-refractivity contribution in [1.29, 1.82) is 0 Å². The van der Waals surface area contributed by atoms with Crippen molar-refractivity contribution >= 4 is 15.9 Å².